The second-order valence-electron chi connectivity index (χ2n) is 27.3. The van der Waals surface area contributed by atoms with E-state index < -0.39 is 11.0 Å². The first-order chi connectivity index (χ1) is 39.1. The number of rotatable bonds is 3. The number of halogens is 1. The molecule has 35 rings (SSSR count). The molecular weight excluding hydrogens is 1080 g/mol. The van der Waals surface area contributed by atoms with E-state index >= 15 is 0 Å². The van der Waals surface area contributed by atoms with Gasteiger partial charge >= 0.3 is 0 Å². The summed E-state index contributed by atoms with van der Waals surface area (Å²) in [5, 5.41) is 106. The first kappa shape index (κ1) is 31.0. The third-order valence-electron chi connectivity index (χ3n) is 26.6. The van der Waals surface area contributed by atoms with Crippen LogP contribution in [-0.2, 0) is 11.0 Å². The van der Waals surface area contributed by atoms with E-state index in [0.717, 1.165) is 17.0 Å². The fraction of sp³-hybridized carbons (Fsp3) is 0.0274. The van der Waals surface area contributed by atoms with Crippen LogP contribution in [0.1, 0.15) is 27.8 Å². The number of nitrogens with zero attached hydrogens (tertiary/aromatic N) is 3. The molecule has 2 spiro atoms. The number of benzene rings is 20. The Kier molecular flexibility index (Phi) is 2.88. The summed E-state index contributed by atoms with van der Waals surface area (Å²) < 4.78 is 1.20. The Morgan fingerprint density at radius 3 is 0.785 bits per heavy atom. The highest BCUT2D eigenvalue weighted by Crippen LogP contribution is 2.86. The molecule has 334 valence electrons. The molecule has 30 aromatic rings. The van der Waals surface area contributed by atoms with Crippen molar-refractivity contribution >= 4 is 331 Å². The van der Waals surface area contributed by atoms with Crippen molar-refractivity contribution in [1.29, 1.82) is 0 Å². The number of nitro benzene ring substituents is 1. The van der Waals surface area contributed by atoms with E-state index in [1.807, 2.05) is 0 Å². The molecule has 0 fully saturated rings. The van der Waals surface area contributed by atoms with Gasteiger partial charge in [-0.25, -0.2) is 5.01 Å². The number of hydrogen-bond donors (Lipinski definition) is 0. The van der Waals surface area contributed by atoms with E-state index in [2.05, 4.69) is 64.0 Å². The van der Waals surface area contributed by atoms with Crippen molar-refractivity contribution in [3.8, 4) is 0 Å². The molecular formula is C73H8IN3O2. The maximum Gasteiger partial charge on any atom is 0.269 e. The van der Waals surface area contributed by atoms with Gasteiger partial charge in [-0.3, -0.25) is 10.1 Å². The van der Waals surface area contributed by atoms with Gasteiger partial charge in [0.1, 0.15) is 11.0 Å². The number of hydrazone groups is 1. The first-order valence-corrected chi connectivity index (χ1v) is 29.4. The SMILES string of the molecule is O=[N+]([O-])c1ccc(C2=NN(c3ccc(I)cc3)C34c5c6c7c8c9c%10c(c%11c%12c3c3c5c5c%13c6c6c7c7c9c9c%14c%10c%10c%11c%11c%12c%12c3c3c5c5c%13c%13c6c6c7c9c7c9c%14c%10c%10c%11c%11c%12c3c3c5c5c%13c6c7c6c9c%10c%11c3c56)C284)cc1. The van der Waals surface area contributed by atoms with Gasteiger partial charge < -0.3 is 0 Å². The van der Waals surface area contributed by atoms with Gasteiger partial charge in [0.15, 0.2) is 0 Å². The van der Waals surface area contributed by atoms with Crippen LogP contribution < -0.4 is 5.01 Å². The molecule has 0 saturated carbocycles. The van der Waals surface area contributed by atoms with Gasteiger partial charge in [0.05, 0.1) is 16.3 Å². The molecule has 0 amide bonds. The maximum atomic E-state index is 12.7. The summed E-state index contributed by atoms with van der Waals surface area (Å²) in [4.78, 5) is 12.5. The molecule has 0 unspecified atom stereocenters. The lowest BCUT2D eigenvalue weighted by Gasteiger charge is -2.53. The van der Waals surface area contributed by atoms with Gasteiger partial charge in [0.25, 0.3) is 5.69 Å². The molecule has 0 N–H and O–H groups in total. The predicted octanol–water partition coefficient (Wildman–Crippen LogP) is 19.7. The fourth-order valence-corrected chi connectivity index (χ4v) is 26.4. The van der Waals surface area contributed by atoms with E-state index in [0.29, 0.717) is 0 Å². The smallest absolute Gasteiger partial charge is 0.258 e. The van der Waals surface area contributed by atoms with Gasteiger partial charge in [-0.1, -0.05) is 0 Å². The van der Waals surface area contributed by atoms with Gasteiger partial charge in [-0.15, -0.1) is 0 Å². The van der Waals surface area contributed by atoms with Crippen LogP contribution in [0.4, 0.5) is 11.4 Å². The molecule has 1 aliphatic heterocycles. The van der Waals surface area contributed by atoms with Crippen molar-refractivity contribution in [2.75, 3.05) is 5.01 Å². The zero-order valence-electron chi connectivity index (χ0n) is 39.7. The summed E-state index contributed by atoms with van der Waals surface area (Å²) in [6.45, 7) is 0. The van der Waals surface area contributed by atoms with Crippen molar-refractivity contribution in [3.05, 3.63) is 90.0 Å². The Bertz CT molecular complexity index is 7870. The van der Waals surface area contributed by atoms with Crippen molar-refractivity contribution in [1.82, 2.24) is 0 Å². The molecule has 0 bridgehead atoms. The molecule has 0 aromatic heterocycles. The molecule has 5 aliphatic rings. The van der Waals surface area contributed by atoms with Crippen LogP contribution in [0.25, 0.3) is 291 Å². The normalized spacial score (nSPS) is 21.2. The quantitative estimate of drug-likeness (QED) is 0.0767. The summed E-state index contributed by atoms with van der Waals surface area (Å²) in [6.07, 6.45) is 0. The molecule has 1 heterocycles. The van der Waals surface area contributed by atoms with E-state index in [1.54, 1.807) is 217 Å². The highest BCUT2D eigenvalue weighted by molar-refractivity contribution is 14.1. The second-order valence-corrected chi connectivity index (χ2v) is 28.5. The zero-order valence-corrected chi connectivity index (χ0v) is 41.8. The molecule has 0 saturated heterocycles. The lowest BCUT2D eigenvalue weighted by molar-refractivity contribution is -0.384. The van der Waals surface area contributed by atoms with Gasteiger partial charge in [0, 0.05) is 26.8 Å². The molecule has 0 radical (unpaired) electrons. The van der Waals surface area contributed by atoms with E-state index in [-0.39, 0.29) is 10.6 Å². The summed E-state index contributed by atoms with van der Waals surface area (Å²) in [5.74, 6) is 0. The molecule has 4 aliphatic carbocycles. The van der Waals surface area contributed by atoms with Crippen LogP contribution in [0.3, 0.4) is 0 Å². The average molecular weight is 1090 g/mol. The number of non-ortho nitro benzene ring substituents is 1. The molecule has 6 heteroatoms. The number of hydrogen-bond acceptors (Lipinski definition) is 4. The Balaban J connectivity index is 1.08. The Morgan fingerprint density at radius 1 is 0.316 bits per heavy atom. The van der Waals surface area contributed by atoms with Gasteiger partial charge in [-0.2, -0.15) is 5.10 Å². The number of nitro groups is 1. The van der Waals surface area contributed by atoms with Crippen molar-refractivity contribution < 1.29 is 4.92 Å². The Morgan fingerprint density at radius 2 is 0.544 bits per heavy atom. The summed E-state index contributed by atoms with van der Waals surface area (Å²) in [6, 6.07) is 17.0. The second kappa shape index (κ2) is 7.32. The highest BCUT2D eigenvalue weighted by Gasteiger charge is 2.76. The predicted molar refractivity (Wildman–Crippen MR) is 335 cm³/mol. The van der Waals surface area contributed by atoms with E-state index in [4.69, 9.17) is 5.10 Å². The van der Waals surface area contributed by atoms with Crippen LogP contribution >= 0.6 is 22.6 Å². The van der Waals surface area contributed by atoms with Crippen molar-refractivity contribution in [2.24, 2.45) is 5.10 Å². The minimum Gasteiger partial charge on any atom is -0.258 e. The van der Waals surface area contributed by atoms with Crippen LogP contribution in [0, 0.1) is 13.7 Å². The summed E-state index contributed by atoms with van der Waals surface area (Å²) in [7, 11) is 0. The van der Waals surface area contributed by atoms with Gasteiger partial charge in [0.2, 0.25) is 0 Å². The standard InChI is InChI=1S/C73H8IN3O2/c74-10-3-7-11(8-4-10)76-73-69-63-57-47-35-27-19-15-13-14-17-21(19)29(35)39-33-25(17)26-18(14)22-20-16(13)24-23(15)31-37(27)45-51-41(31)42-32(24)38-28(20)36-30(22)40-34(26)44-43(33)55(49(39)57)65(69)66-56(44)50(40)58-48(36)54-46(38)52(42)60-59(51)67(61(63)53(45)47)72(73,68(60)62(54)64(58)70(66)73)71(75-76)9-1-5-12(6-2-9)77(78)79/h1-8H. The molecule has 30 aromatic carbocycles. The minimum absolute atomic E-state index is 0.116. The molecule has 79 heavy (non-hydrogen) atoms. The van der Waals surface area contributed by atoms with Crippen LogP contribution in [0.15, 0.2) is 53.6 Å². The summed E-state index contributed by atoms with van der Waals surface area (Å²) >= 11 is 2.49. The molecule has 5 nitrogen and oxygen atoms in total. The Hall–Kier alpha value is -9.50. The average Bonchev–Trinajstić information content (AvgIpc) is 1.40. The fourth-order valence-electron chi connectivity index (χ4n) is 26.1. The molecule has 0 atom stereocenters. The van der Waals surface area contributed by atoms with Crippen LogP contribution in [-0.4, -0.2) is 10.6 Å². The third kappa shape index (κ3) is 1.79. The van der Waals surface area contributed by atoms with Gasteiger partial charge in [-0.05, 0) is 367 Å². The lowest BCUT2D eigenvalue weighted by atomic mass is 9.50. The van der Waals surface area contributed by atoms with Crippen molar-refractivity contribution in [3.63, 3.8) is 0 Å². The summed E-state index contributed by atoms with van der Waals surface area (Å²) in [5.41, 5.74) is 7.59. The largest absolute Gasteiger partial charge is 0.269 e. The van der Waals surface area contributed by atoms with E-state index in [9.17, 15) is 10.1 Å². The monoisotopic (exact) mass is 1080 g/mol. The van der Waals surface area contributed by atoms with Crippen LogP contribution in [0.5, 0.6) is 0 Å². The first-order valence-electron chi connectivity index (χ1n) is 28.3. The third-order valence-corrected chi connectivity index (χ3v) is 27.3. The van der Waals surface area contributed by atoms with E-state index in [1.165, 1.54) is 112 Å². The number of anilines is 1. The minimum atomic E-state index is -0.831. The maximum absolute atomic E-state index is 12.7. The topological polar surface area (TPSA) is 58.7 Å². The highest BCUT2D eigenvalue weighted by atomic mass is 127. The zero-order chi connectivity index (χ0) is 47.9. The van der Waals surface area contributed by atoms with Crippen LogP contribution in [0.2, 0.25) is 0 Å². The Labute approximate surface area is 443 Å². The lowest BCUT2D eigenvalue weighted by Crippen LogP contribution is -2.59. The van der Waals surface area contributed by atoms with Crippen molar-refractivity contribution in [2.45, 2.75) is 11.0 Å².